The number of nitrogens with zero attached hydrogens (tertiary/aromatic N) is 2. The van der Waals surface area contributed by atoms with Gasteiger partial charge in [0, 0.05) is 35.4 Å². The third-order valence-corrected chi connectivity index (χ3v) is 11.5. The minimum Gasteiger partial charge on any atom is -0.388 e. The summed E-state index contributed by atoms with van der Waals surface area (Å²) in [5.74, 6) is -0.853. The first-order valence-electron chi connectivity index (χ1n) is 17.9. The van der Waals surface area contributed by atoms with Crippen LogP contribution in [0.15, 0.2) is 31.6 Å². The molecule has 2 aromatic rings. The lowest BCUT2D eigenvalue weighted by Gasteiger charge is -2.32. The number of unbranched alkanes of at least 4 members (excludes halogenated alkanes) is 2. The summed E-state index contributed by atoms with van der Waals surface area (Å²) in [6, 6.07) is 0. The van der Waals surface area contributed by atoms with Crippen LogP contribution in [0.5, 0.6) is 0 Å². The van der Waals surface area contributed by atoms with Crippen molar-refractivity contribution in [3.05, 3.63) is 65.2 Å². The Morgan fingerprint density at radius 3 is 1.59 bits per heavy atom. The summed E-state index contributed by atoms with van der Waals surface area (Å²) in [6.45, 7) is 14.4. The molecule has 2 fully saturated rings. The lowest BCUT2D eigenvalue weighted by molar-refractivity contribution is -0.102. The average molecular weight is 838 g/mol. The van der Waals surface area contributed by atoms with Gasteiger partial charge < -0.3 is 14.6 Å². The Morgan fingerprint density at radius 2 is 1.20 bits per heavy atom. The van der Waals surface area contributed by atoms with E-state index in [1.165, 1.54) is 17.7 Å². The Balaban J connectivity index is 0.000000359. The highest BCUT2D eigenvalue weighted by Crippen LogP contribution is 2.49. The maximum absolute atomic E-state index is 12.9. The van der Waals surface area contributed by atoms with E-state index in [4.69, 9.17) is 32.7 Å². The summed E-state index contributed by atoms with van der Waals surface area (Å²) in [5.41, 5.74) is -9.05. The molecule has 2 aliphatic heterocycles. The van der Waals surface area contributed by atoms with E-state index in [2.05, 4.69) is 16.1 Å². The average Bonchev–Trinajstić information content (AvgIpc) is 3.51. The van der Waals surface area contributed by atoms with E-state index >= 15 is 0 Å². The van der Waals surface area contributed by atoms with Gasteiger partial charge in [-0.3, -0.25) is 32.9 Å². The van der Waals surface area contributed by atoms with E-state index in [0.717, 1.165) is 42.9 Å². The number of ether oxygens (including phenoxy) is 2. The van der Waals surface area contributed by atoms with Crippen LogP contribution < -0.4 is 22.5 Å². The van der Waals surface area contributed by atoms with Crippen molar-refractivity contribution in [3.63, 3.8) is 0 Å². The number of rotatable bonds is 12. The first kappa shape index (κ1) is 47.7. The van der Waals surface area contributed by atoms with Gasteiger partial charge in [-0.15, -0.1) is 23.2 Å². The van der Waals surface area contributed by atoms with Crippen molar-refractivity contribution in [1.29, 1.82) is 0 Å². The number of hydrogen-bond donors (Lipinski definition) is 3. The standard InChI is InChI=1S/C17H25F3N2O6S.C16H26N2O4.CH2Cl2/c1-5-7-8-16(6-2)11(4)12(28-29(25,26)17(18,19)20)14(27-16)22-9-10(3)13(23)21-15(22)24;1-5-7-8-16(6-2)11(4)12(19)14(22-16)18-9-10(3)13(20)17-15(18)21;2-1-3/h9,11-12,14H,5-8H2,1-4H3,(H,21,23,24);9,11-12,14,19H,5-8H2,1-4H3,(H,17,20,21);1H2/t11-,12-,14+,16-;11-,12+,14+,16-;/m00./s1. The largest absolute Gasteiger partial charge is 0.523 e. The van der Waals surface area contributed by atoms with E-state index in [9.17, 15) is 45.9 Å². The summed E-state index contributed by atoms with van der Waals surface area (Å²) in [6.07, 6.45) is 3.97. The lowest BCUT2D eigenvalue weighted by atomic mass is 9.81. The number of hydrogen-bond acceptors (Lipinski definition) is 10. The van der Waals surface area contributed by atoms with Gasteiger partial charge in [0.15, 0.2) is 12.5 Å². The zero-order valence-corrected chi connectivity index (χ0v) is 34.1. The molecule has 4 heterocycles. The molecule has 0 bridgehead atoms. The van der Waals surface area contributed by atoms with Gasteiger partial charge in [0.05, 0.1) is 16.5 Å². The van der Waals surface area contributed by atoms with E-state index in [1.807, 2.05) is 25.8 Å². The summed E-state index contributed by atoms with van der Waals surface area (Å²) in [5, 5.41) is 10.8. The van der Waals surface area contributed by atoms with Crippen molar-refractivity contribution in [2.45, 2.75) is 148 Å². The molecule has 2 saturated heterocycles. The quantitative estimate of drug-likeness (QED) is 0.136. The van der Waals surface area contributed by atoms with Crippen LogP contribution in [0.4, 0.5) is 13.2 Å². The number of halogens is 5. The molecular formula is C34H53Cl2F3N4O10S. The van der Waals surface area contributed by atoms with Gasteiger partial charge in [-0.25, -0.2) is 9.59 Å². The highest BCUT2D eigenvalue weighted by molar-refractivity contribution is 7.87. The number of aliphatic hydroxyl groups is 1. The number of H-pyrrole nitrogens is 2. The van der Waals surface area contributed by atoms with E-state index in [1.54, 1.807) is 20.8 Å². The van der Waals surface area contributed by atoms with Crippen LogP contribution in [0, 0.1) is 25.7 Å². The number of aromatic amines is 2. The molecule has 4 rings (SSSR count). The third kappa shape index (κ3) is 10.5. The van der Waals surface area contributed by atoms with Gasteiger partial charge in [0.2, 0.25) is 0 Å². The molecule has 0 saturated carbocycles. The number of alkyl halides is 5. The first-order chi connectivity index (χ1) is 25.1. The Kier molecular flexibility index (Phi) is 17.3. The molecule has 0 amide bonds. The van der Waals surface area contributed by atoms with Crippen molar-refractivity contribution in [2.75, 3.05) is 5.34 Å². The van der Waals surface area contributed by atoms with E-state index in [0.29, 0.717) is 24.8 Å². The van der Waals surface area contributed by atoms with Gasteiger partial charge in [0.25, 0.3) is 11.1 Å². The van der Waals surface area contributed by atoms with Crippen LogP contribution in [-0.4, -0.2) is 66.9 Å². The van der Waals surface area contributed by atoms with Crippen molar-refractivity contribution in [1.82, 2.24) is 19.1 Å². The van der Waals surface area contributed by atoms with Gasteiger partial charge >= 0.3 is 27.0 Å². The van der Waals surface area contributed by atoms with Gasteiger partial charge in [-0.05, 0) is 39.5 Å². The normalized spacial score (nSPS) is 28.3. The molecule has 0 spiro atoms. The second-order valence-electron chi connectivity index (χ2n) is 13.6. The molecule has 0 radical (unpaired) electrons. The summed E-state index contributed by atoms with van der Waals surface area (Å²) < 4.78 is 81.2. The van der Waals surface area contributed by atoms with Crippen molar-refractivity contribution in [2.24, 2.45) is 11.8 Å². The molecule has 0 aromatic carbocycles. The van der Waals surface area contributed by atoms with Crippen LogP contribution in [0.25, 0.3) is 0 Å². The molecular weight excluding hydrogens is 784 g/mol. The lowest BCUT2D eigenvalue weighted by Crippen LogP contribution is -2.41. The Labute approximate surface area is 322 Å². The second kappa shape index (κ2) is 19.6. The molecule has 8 atom stereocenters. The minimum absolute atomic E-state index is 0.0758. The zero-order valence-electron chi connectivity index (χ0n) is 31.8. The van der Waals surface area contributed by atoms with Crippen molar-refractivity contribution < 1.29 is 40.4 Å². The molecule has 0 aliphatic carbocycles. The Morgan fingerprint density at radius 1 is 0.815 bits per heavy atom. The predicted octanol–water partition coefficient (Wildman–Crippen LogP) is 5.72. The topological polar surface area (TPSA) is 192 Å². The molecule has 3 N–H and O–H groups in total. The monoisotopic (exact) mass is 836 g/mol. The smallest absolute Gasteiger partial charge is 0.388 e. The van der Waals surface area contributed by atoms with E-state index in [-0.39, 0.29) is 16.8 Å². The van der Waals surface area contributed by atoms with Crippen LogP contribution in [0.2, 0.25) is 0 Å². The summed E-state index contributed by atoms with van der Waals surface area (Å²) >= 11 is 9.53. The minimum atomic E-state index is -5.93. The predicted molar refractivity (Wildman–Crippen MR) is 198 cm³/mol. The maximum atomic E-state index is 12.9. The van der Waals surface area contributed by atoms with Crippen molar-refractivity contribution in [3.8, 4) is 0 Å². The second-order valence-corrected chi connectivity index (χ2v) is 16.0. The molecule has 2 aliphatic rings. The zero-order chi connectivity index (χ0) is 41.4. The molecule has 2 aromatic heterocycles. The highest BCUT2D eigenvalue weighted by atomic mass is 35.5. The SMILES string of the molecule is CCCC[C@]1(CC)O[C@@H](n2cc(C)c(=O)[nH]c2=O)[C@@H](OS(=O)(=O)C(F)(F)F)[C@@H]1C.CCCC[C@]1(CC)O[C@@H](n2cc(C)c(=O)[nH]c2=O)[C@H](O)[C@@H]1C.ClCCl. The Hall–Kier alpha value is -2.48. The molecule has 310 valence electrons. The summed E-state index contributed by atoms with van der Waals surface area (Å²) in [7, 11) is -5.93. The number of aryl methyl sites for hydroxylation is 2. The first-order valence-corrected chi connectivity index (χ1v) is 20.3. The Bertz CT molecular complexity index is 1890. The van der Waals surface area contributed by atoms with Crippen LogP contribution in [0.1, 0.15) is 116 Å². The fraction of sp³-hybridized carbons (Fsp3) is 0.765. The van der Waals surface area contributed by atoms with Gasteiger partial charge in [-0.1, -0.05) is 67.2 Å². The van der Waals surface area contributed by atoms with E-state index < -0.39 is 79.9 Å². The fourth-order valence-corrected chi connectivity index (χ4v) is 7.61. The number of aromatic nitrogens is 4. The van der Waals surface area contributed by atoms with Crippen molar-refractivity contribution >= 4 is 33.3 Å². The number of nitrogens with one attached hydrogen (secondary N) is 2. The third-order valence-electron chi connectivity index (χ3n) is 10.4. The molecule has 0 unspecified atom stereocenters. The molecule has 20 heteroatoms. The summed E-state index contributed by atoms with van der Waals surface area (Å²) in [4.78, 5) is 51.8. The van der Waals surface area contributed by atoms with Gasteiger partial charge in [-0.2, -0.15) is 21.6 Å². The van der Waals surface area contributed by atoms with Crippen LogP contribution in [-0.2, 0) is 23.8 Å². The molecule has 54 heavy (non-hydrogen) atoms. The highest BCUT2D eigenvalue weighted by Gasteiger charge is 2.58. The van der Waals surface area contributed by atoms with Gasteiger partial charge in [0.1, 0.15) is 12.2 Å². The molecule has 14 nitrogen and oxygen atoms in total. The number of aliphatic hydroxyl groups excluding tert-OH is 1. The van der Waals surface area contributed by atoms with Crippen LogP contribution >= 0.6 is 23.2 Å². The van der Waals surface area contributed by atoms with Crippen LogP contribution in [0.3, 0.4) is 0 Å². The maximum Gasteiger partial charge on any atom is 0.523 e. The fourth-order valence-electron chi connectivity index (χ4n) is 6.94.